The van der Waals surface area contributed by atoms with Gasteiger partial charge in [0, 0.05) is 33.2 Å². The molecular formula is C61H37F5N2. The van der Waals surface area contributed by atoms with Gasteiger partial charge in [-0.05, 0) is 98.6 Å². The summed E-state index contributed by atoms with van der Waals surface area (Å²) in [7, 11) is 0. The molecule has 0 saturated heterocycles. The summed E-state index contributed by atoms with van der Waals surface area (Å²) in [6.45, 7) is 0. The van der Waals surface area contributed by atoms with Gasteiger partial charge in [-0.15, -0.1) is 0 Å². The second kappa shape index (κ2) is 16.1. The lowest BCUT2D eigenvalue weighted by Crippen LogP contribution is -2.13. The van der Waals surface area contributed by atoms with Crippen LogP contribution >= 0.6 is 0 Å². The quantitative estimate of drug-likeness (QED) is 0.141. The van der Waals surface area contributed by atoms with E-state index in [4.69, 9.17) is 0 Å². The third kappa shape index (κ3) is 7.02. The van der Waals surface area contributed by atoms with E-state index in [1.165, 1.54) is 18.2 Å². The highest BCUT2D eigenvalue weighted by Gasteiger charge is 2.37. The maximum Gasteiger partial charge on any atom is 0.418 e. The van der Waals surface area contributed by atoms with Gasteiger partial charge >= 0.3 is 6.18 Å². The molecule has 0 unspecified atom stereocenters. The molecule has 0 spiro atoms. The summed E-state index contributed by atoms with van der Waals surface area (Å²) in [5, 5.41) is 3.11. The summed E-state index contributed by atoms with van der Waals surface area (Å²) < 4.78 is 84.1. The van der Waals surface area contributed by atoms with Gasteiger partial charge in [0.2, 0.25) is 0 Å². The number of nitrogens with zero attached hydrogens (tertiary/aromatic N) is 2. The summed E-state index contributed by atoms with van der Waals surface area (Å²) in [5.41, 5.74) is 8.59. The second-order valence-electron chi connectivity index (χ2n) is 17.1. The third-order valence-corrected chi connectivity index (χ3v) is 13.0. The molecule has 0 N–H and O–H groups in total. The molecule has 2 nitrogen and oxygen atoms in total. The van der Waals surface area contributed by atoms with Gasteiger partial charge in [-0.3, -0.25) is 0 Å². The van der Waals surface area contributed by atoms with Crippen LogP contribution in [0.4, 0.5) is 22.0 Å². The maximum absolute atomic E-state index is 16.5. The van der Waals surface area contributed by atoms with E-state index >= 15 is 22.0 Å². The molecule has 0 aliphatic rings. The molecule has 326 valence electrons. The first-order chi connectivity index (χ1) is 33.2. The van der Waals surface area contributed by atoms with E-state index in [-0.39, 0.29) is 22.5 Å². The number of hydrogen-bond donors (Lipinski definition) is 0. The first-order valence-electron chi connectivity index (χ1n) is 22.3. The fourth-order valence-electron chi connectivity index (χ4n) is 9.91. The fraction of sp³-hybridized carbons (Fsp3) is 0.0164. The maximum atomic E-state index is 16.5. The zero-order valence-electron chi connectivity index (χ0n) is 36.1. The van der Waals surface area contributed by atoms with Crippen molar-refractivity contribution in [2.24, 2.45) is 0 Å². The van der Waals surface area contributed by atoms with Crippen LogP contribution in [0.1, 0.15) is 5.56 Å². The van der Waals surface area contributed by atoms with Crippen LogP contribution in [0.25, 0.3) is 111 Å². The van der Waals surface area contributed by atoms with Crippen molar-refractivity contribution >= 4 is 43.6 Å². The topological polar surface area (TPSA) is 9.86 Å². The van der Waals surface area contributed by atoms with Gasteiger partial charge in [0.05, 0.1) is 39.0 Å². The summed E-state index contributed by atoms with van der Waals surface area (Å²) in [6.07, 6.45) is -4.91. The predicted octanol–water partition coefficient (Wildman–Crippen LogP) is 17.5. The van der Waals surface area contributed by atoms with Gasteiger partial charge in [0.15, 0.2) is 0 Å². The van der Waals surface area contributed by atoms with Crippen molar-refractivity contribution in [3.8, 4) is 67.0 Å². The molecule has 2 aromatic heterocycles. The highest BCUT2D eigenvalue weighted by atomic mass is 19.4. The standard InChI is InChI=1S/C61H37F5N2/c62-47-29-46(30-48(63)35-47)53-36-60(68-57-33-44(40-17-9-3-10-18-40)23-27-51(57)52-28-24-45(34-58(52)68)41-19-11-4-12-20-41)54(61(64,65)66)37-59(53)67-55-31-42(38-13-5-1-6-14-38)21-25-49(55)50-26-22-43(32-56(50)67)39-15-7-2-8-16-39/h1-37H. The molecule has 0 amide bonds. The molecule has 0 radical (unpaired) electrons. The van der Waals surface area contributed by atoms with Crippen LogP contribution in [0.15, 0.2) is 224 Å². The summed E-state index contributed by atoms with van der Waals surface area (Å²) in [4.78, 5) is 0. The minimum absolute atomic E-state index is 0.0802. The van der Waals surface area contributed by atoms with Crippen molar-refractivity contribution in [3.05, 3.63) is 242 Å². The van der Waals surface area contributed by atoms with E-state index in [2.05, 4.69) is 0 Å². The average molecular weight is 893 g/mol. The molecule has 12 rings (SSSR count). The third-order valence-electron chi connectivity index (χ3n) is 13.0. The Morgan fingerprint density at radius 2 is 0.603 bits per heavy atom. The van der Waals surface area contributed by atoms with Crippen LogP contribution in [0.2, 0.25) is 0 Å². The van der Waals surface area contributed by atoms with E-state index in [9.17, 15) is 0 Å². The fourth-order valence-corrected chi connectivity index (χ4v) is 9.91. The number of hydrogen-bond acceptors (Lipinski definition) is 0. The van der Waals surface area contributed by atoms with E-state index < -0.39 is 23.4 Å². The van der Waals surface area contributed by atoms with Gasteiger partial charge in [-0.25, -0.2) is 8.78 Å². The lowest BCUT2D eigenvalue weighted by Gasteiger charge is -2.22. The van der Waals surface area contributed by atoms with Crippen LogP contribution < -0.4 is 0 Å². The van der Waals surface area contributed by atoms with E-state index in [0.29, 0.717) is 22.1 Å². The Morgan fingerprint density at radius 1 is 0.279 bits per heavy atom. The molecule has 0 aliphatic heterocycles. The second-order valence-corrected chi connectivity index (χ2v) is 17.1. The number of halogens is 5. The molecule has 10 aromatic carbocycles. The average Bonchev–Trinajstić information content (AvgIpc) is 3.87. The minimum atomic E-state index is -4.91. The van der Waals surface area contributed by atoms with Crippen molar-refractivity contribution in [1.82, 2.24) is 9.13 Å². The number of aromatic nitrogens is 2. The molecule has 7 heteroatoms. The van der Waals surface area contributed by atoms with Gasteiger partial charge in [0.25, 0.3) is 0 Å². The highest BCUT2D eigenvalue weighted by molar-refractivity contribution is 6.13. The Balaban J connectivity index is 1.23. The Morgan fingerprint density at radius 3 is 0.926 bits per heavy atom. The van der Waals surface area contributed by atoms with Gasteiger partial charge in [-0.1, -0.05) is 170 Å². The zero-order chi connectivity index (χ0) is 46.1. The molecule has 68 heavy (non-hydrogen) atoms. The van der Waals surface area contributed by atoms with Crippen LogP contribution in [-0.2, 0) is 6.18 Å². The molecule has 0 atom stereocenters. The van der Waals surface area contributed by atoms with E-state index in [1.807, 2.05) is 199 Å². The van der Waals surface area contributed by atoms with Crippen LogP contribution in [0.3, 0.4) is 0 Å². The molecule has 0 bridgehead atoms. The minimum Gasteiger partial charge on any atom is -0.309 e. The van der Waals surface area contributed by atoms with Gasteiger partial charge in [-0.2, -0.15) is 13.2 Å². The first-order valence-corrected chi connectivity index (χ1v) is 22.3. The Hall–Kier alpha value is -8.55. The smallest absolute Gasteiger partial charge is 0.309 e. The Labute approximate surface area is 388 Å². The molecular weight excluding hydrogens is 856 g/mol. The van der Waals surface area contributed by atoms with Crippen molar-refractivity contribution in [3.63, 3.8) is 0 Å². The van der Waals surface area contributed by atoms with Crippen molar-refractivity contribution in [2.75, 3.05) is 0 Å². The zero-order valence-corrected chi connectivity index (χ0v) is 36.1. The monoisotopic (exact) mass is 892 g/mol. The molecule has 0 fully saturated rings. The molecule has 2 heterocycles. The number of alkyl halides is 3. The largest absolute Gasteiger partial charge is 0.418 e. The number of fused-ring (bicyclic) bond motifs is 6. The van der Waals surface area contributed by atoms with Crippen LogP contribution in [-0.4, -0.2) is 9.13 Å². The van der Waals surface area contributed by atoms with E-state index in [1.54, 1.807) is 4.57 Å². The Bertz CT molecular complexity index is 3680. The van der Waals surface area contributed by atoms with Gasteiger partial charge < -0.3 is 9.13 Å². The number of benzene rings is 10. The highest BCUT2D eigenvalue weighted by Crippen LogP contribution is 2.47. The van der Waals surface area contributed by atoms with Crippen LogP contribution in [0.5, 0.6) is 0 Å². The van der Waals surface area contributed by atoms with E-state index in [0.717, 1.165) is 78.2 Å². The molecule has 0 saturated carbocycles. The molecule has 0 aliphatic carbocycles. The van der Waals surface area contributed by atoms with Gasteiger partial charge in [0.1, 0.15) is 11.6 Å². The Kier molecular flexibility index (Phi) is 9.69. The molecule has 12 aromatic rings. The van der Waals surface area contributed by atoms with Crippen LogP contribution in [0, 0.1) is 11.6 Å². The predicted molar refractivity (Wildman–Crippen MR) is 267 cm³/mol. The SMILES string of the molecule is Fc1cc(F)cc(-c2cc(-n3c4cc(-c5ccccc5)ccc4c4ccc(-c5ccccc5)cc43)c(C(F)(F)F)cc2-n2c3cc(-c4ccccc4)ccc3c3ccc(-c4ccccc4)cc32)c1. The summed E-state index contributed by atoms with van der Waals surface area (Å²) >= 11 is 0. The summed E-state index contributed by atoms with van der Waals surface area (Å²) in [5.74, 6) is -1.71. The lowest BCUT2D eigenvalue weighted by molar-refractivity contribution is -0.137. The summed E-state index contributed by atoms with van der Waals surface area (Å²) in [6, 6.07) is 68.4. The van der Waals surface area contributed by atoms with Crippen molar-refractivity contribution < 1.29 is 22.0 Å². The lowest BCUT2D eigenvalue weighted by atomic mass is 9.97. The first kappa shape index (κ1) is 40.9. The number of rotatable bonds is 7. The normalized spacial score (nSPS) is 11.9. The van der Waals surface area contributed by atoms with Crippen molar-refractivity contribution in [1.29, 1.82) is 0 Å². The van der Waals surface area contributed by atoms with Crippen molar-refractivity contribution in [2.45, 2.75) is 6.18 Å².